The molecule has 0 spiro atoms. The number of hydrogen-bond acceptors (Lipinski definition) is 4. The maximum absolute atomic E-state index is 5.88. The fraction of sp³-hybridized carbons (Fsp3) is 0.333. The third kappa shape index (κ3) is 4.10. The Hall–Kier alpha value is -1.81. The van der Waals surface area contributed by atoms with Crippen LogP contribution in [0.3, 0.4) is 0 Å². The van der Waals surface area contributed by atoms with Crippen molar-refractivity contribution in [2.45, 2.75) is 26.3 Å². The Morgan fingerprint density at radius 3 is 2.70 bits per heavy atom. The van der Waals surface area contributed by atoms with E-state index in [4.69, 9.17) is 16.3 Å². The van der Waals surface area contributed by atoms with Crippen molar-refractivity contribution >= 4 is 17.5 Å². The van der Waals surface area contributed by atoms with Crippen LogP contribution in [-0.2, 0) is 0 Å². The molecule has 0 aliphatic carbocycles. The first kappa shape index (κ1) is 14.6. The van der Waals surface area contributed by atoms with E-state index in [1.807, 2.05) is 31.2 Å². The van der Waals surface area contributed by atoms with Gasteiger partial charge in [-0.25, -0.2) is 4.98 Å². The largest absolute Gasteiger partial charge is 0.478 e. The quantitative estimate of drug-likeness (QED) is 0.871. The van der Waals surface area contributed by atoms with Gasteiger partial charge in [0.05, 0.1) is 12.6 Å². The molecule has 2 rings (SSSR count). The molecule has 2 aromatic rings. The van der Waals surface area contributed by atoms with Gasteiger partial charge in [0.15, 0.2) is 0 Å². The highest BCUT2D eigenvalue weighted by molar-refractivity contribution is 6.30. The van der Waals surface area contributed by atoms with Gasteiger partial charge in [-0.2, -0.15) is 4.98 Å². The van der Waals surface area contributed by atoms with Crippen molar-refractivity contribution in [3.63, 3.8) is 0 Å². The van der Waals surface area contributed by atoms with Crippen LogP contribution in [0.5, 0.6) is 5.88 Å². The predicted molar refractivity (Wildman–Crippen MR) is 81.3 cm³/mol. The first-order chi connectivity index (χ1) is 9.69. The van der Waals surface area contributed by atoms with Gasteiger partial charge < -0.3 is 10.1 Å². The monoisotopic (exact) mass is 291 g/mol. The van der Waals surface area contributed by atoms with Crippen LogP contribution in [0.2, 0.25) is 5.02 Å². The standard InChI is InChI=1S/C15H18ClN3O/c1-3-10-20-14-8-9-17-15(19-14)18-11(2)12-4-6-13(16)7-5-12/h4-9,11H,3,10H2,1-2H3,(H,17,18,19). The first-order valence-corrected chi connectivity index (χ1v) is 7.04. The van der Waals surface area contributed by atoms with E-state index in [2.05, 4.69) is 22.2 Å². The van der Waals surface area contributed by atoms with Crippen LogP contribution in [0.1, 0.15) is 31.9 Å². The number of hydrogen-bond donors (Lipinski definition) is 1. The van der Waals surface area contributed by atoms with Gasteiger partial charge in [-0.3, -0.25) is 0 Å². The van der Waals surface area contributed by atoms with E-state index in [0.717, 1.165) is 17.0 Å². The Balaban J connectivity index is 2.03. The average molecular weight is 292 g/mol. The zero-order valence-electron chi connectivity index (χ0n) is 11.6. The molecular weight excluding hydrogens is 274 g/mol. The van der Waals surface area contributed by atoms with Crippen LogP contribution in [0.15, 0.2) is 36.5 Å². The summed E-state index contributed by atoms with van der Waals surface area (Å²) in [6, 6.07) is 9.56. The summed E-state index contributed by atoms with van der Waals surface area (Å²) in [6.45, 7) is 4.76. The lowest BCUT2D eigenvalue weighted by atomic mass is 10.1. The number of aromatic nitrogens is 2. The highest BCUT2D eigenvalue weighted by Crippen LogP contribution is 2.20. The second-order valence-corrected chi connectivity index (χ2v) is 4.92. The molecule has 1 atom stereocenters. The van der Waals surface area contributed by atoms with Gasteiger partial charge in [0.1, 0.15) is 0 Å². The maximum atomic E-state index is 5.88. The van der Waals surface area contributed by atoms with E-state index in [-0.39, 0.29) is 6.04 Å². The summed E-state index contributed by atoms with van der Waals surface area (Å²) in [5, 5.41) is 3.98. The van der Waals surface area contributed by atoms with Gasteiger partial charge in [-0.05, 0) is 31.0 Å². The Morgan fingerprint density at radius 1 is 1.25 bits per heavy atom. The lowest BCUT2D eigenvalue weighted by Gasteiger charge is -2.14. The van der Waals surface area contributed by atoms with Crippen molar-refractivity contribution in [1.82, 2.24) is 9.97 Å². The molecule has 5 heteroatoms. The van der Waals surface area contributed by atoms with E-state index < -0.39 is 0 Å². The highest BCUT2D eigenvalue weighted by atomic mass is 35.5. The van der Waals surface area contributed by atoms with Crippen molar-refractivity contribution in [3.8, 4) is 5.88 Å². The maximum Gasteiger partial charge on any atom is 0.226 e. The SMILES string of the molecule is CCCOc1ccnc(NC(C)c2ccc(Cl)cc2)n1. The molecule has 0 aliphatic rings. The second kappa shape index (κ2) is 7.10. The number of rotatable bonds is 6. The zero-order chi connectivity index (χ0) is 14.4. The van der Waals surface area contributed by atoms with Gasteiger partial charge in [-0.1, -0.05) is 30.7 Å². The van der Waals surface area contributed by atoms with E-state index in [9.17, 15) is 0 Å². The van der Waals surface area contributed by atoms with Crippen molar-refractivity contribution in [2.75, 3.05) is 11.9 Å². The van der Waals surface area contributed by atoms with Gasteiger partial charge >= 0.3 is 0 Å². The van der Waals surface area contributed by atoms with E-state index in [1.54, 1.807) is 12.3 Å². The Kier molecular flexibility index (Phi) is 5.18. The molecule has 1 heterocycles. The molecule has 0 radical (unpaired) electrons. The van der Waals surface area contributed by atoms with Gasteiger partial charge in [0.2, 0.25) is 11.8 Å². The number of halogens is 1. The molecule has 1 aromatic carbocycles. The van der Waals surface area contributed by atoms with Crippen LogP contribution in [0, 0.1) is 0 Å². The molecule has 20 heavy (non-hydrogen) atoms. The number of nitrogens with zero attached hydrogens (tertiary/aromatic N) is 2. The average Bonchev–Trinajstić information content (AvgIpc) is 2.46. The summed E-state index contributed by atoms with van der Waals surface area (Å²) in [4.78, 5) is 8.53. The summed E-state index contributed by atoms with van der Waals surface area (Å²) < 4.78 is 5.49. The smallest absolute Gasteiger partial charge is 0.226 e. The van der Waals surface area contributed by atoms with E-state index in [1.165, 1.54) is 0 Å². The van der Waals surface area contributed by atoms with E-state index in [0.29, 0.717) is 18.4 Å². The molecule has 1 N–H and O–H groups in total. The van der Waals surface area contributed by atoms with Crippen LogP contribution in [-0.4, -0.2) is 16.6 Å². The molecule has 1 unspecified atom stereocenters. The third-order valence-corrected chi connectivity index (χ3v) is 3.05. The minimum atomic E-state index is 0.0914. The fourth-order valence-corrected chi connectivity index (χ4v) is 1.85. The third-order valence-electron chi connectivity index (χ3n) is 2.80. The van der Waals surface area contributed by atoms with E-state index >= 15 is 0 Å². The molecule has 4 nitrogen and oxygen atoms in total. The lowest BCUT2D eigenvalue weighted by Crippen LogP contribution is -2.10. The molecule has 1 aromatic heterocycles. The summed E-state index contributed by atoms with van der Waals surface area (Å²) in [5.41, 5.74) is 1.12. The predicted octanol–water partition coefficient (Wildman–Crippen LogP) is 4.09. The Morgan fingerprint density at radius 2 is 2.00 bits per heavy atom. The summed E-state index contributed by atoms with van der Waals surface area (Å²) >= 11 is 5.88. The number of benzene rings is 1. The van der Waals surface area contributed by atoms with Crippen molar-refractivity contribution < 1.29 is 4.74 Å². The number of nitrogens with one attached hydrogen (secondary N) is 1. The molecule has 0 bridgehead atoms. The molecule has 0 fully saturated rings. The van der Waals surface area contributed by atoms with Crippen molar-refractivity contribution in [2.24, 2.45) is 0 Å². The van der Waals surface area contributed by atoms with Crippen LogP contribution in [0.4, 0.5) is 5.95 Å². The topological polar surface area (TPSA) is 47.0 Å². The number of ether oxygens (including phenoxy) is 1. The Bertz CT molecular complexity index is 545. The molecule has 0 saturated heterocycles. The first-order valence-electron chi connectivity index (χ1n) is 6.67. The molecule has 106 valence electrons. The highest BCUT2D eigenvalue weighted by Gasteiger charge is 2.07. The number of anilines is 1. The van der Waals surface area contributed by atoms with Crippen molar-refractivity contribution in [3.05, 3.63) is 47.1 Å². The van der Waals surface area contributed by atoms with Crippen molar-refractivity contribution in [1.29, 1.82) is 0 Å². The van der Waals surface area contributed by atoms with Gasteiger partial charge in [0, 0.05) is 17.3 Å². The zero-order valence-corrected chi connectivity index (χ0v) is 12.4. The van der Waals surface area contributed by atoms with Crippen LogP contribution < -0.4 is 10.1 Å². The molecule has 0 saturated carbocycles. The minimum Gasteiger partial charge on any atom is -0.478 e. The summed E-state index contributed by atoms with van der Waals surface area (Å²) in [7, 11) is 0. The normalized spacial score (nSPS) is 11.9. The van der Waals surface area contributed by atoms with Crippen LogP contribution >= 0.6 is 11.6 Å². The lowest BCUT2D eigenvalue weighted by molar-refractivity contribution is 0.305. The minimum absolute atomic E-state index is 0.0914. The molecule has 0 amide bonds. The van der Waals surface area contributed by atoms with Gasteiger partial charge in [0.25, 0.3) is 0 Å². The fourth-order valence-electron chi connectivity index (χ4n) is 1.73. The molecular formula is C15H18ClN3O. The summed E-state index contributed by atoms with van der Waals surface area (Å²) in [6.07, 6.45) is 2.64. The van der Waals surface area contributed by atoms with Crippen LogP contribution in [0.25, 0.3) is 0 Å². The summed E-state index contributed by atoms with van der Waals surface area (Å²) in [5.74, 6) is 1.15. The Labute approximate surface area is 124 Å². The second-order valence-electron chi connectivity index (χ2n) is 4.48. The molecule has 0 aliphatic heterocycles. The van der Waals surface area contributed by atoms with Gasteiger partial charge in [-0.15, -0.1) is 0 Å².